The van der Waals surface area contributed by atoms with E-state index in [0.29, 0.717) is 28.4 Å². The number of benzene rings is 3. The number of nitrogens with one attached hydrogen (secondary N) is 1. The minimum absolute atomic E-state index is 0.0448. The summed E-state index contributed by atoms with van der Waals surface area (Å²) in [5, 5.41) is 6.95. The number of hydrogen-bond acceptors (Lipinski definition) is 8. The van der Waals surface area contributed by atoms with Gasteiger partial charge in [0.05, 0.1) is 32.4 Å². The van der Waals surface area contributed by atoms with Crippen LogP contribution in [0.1, 0.15) is 23.2 Å². The van der Waals surface area contributed by atoms with Crippen LogP contribution in [0, 0.1) is 11.6 Å². The second-order valence-corrected chi connectivity index (χ2v) is 8.93. The zero-order valence-electron chi connectivity index (χ0n) is 22.7. The zero-order valence-corrected chi connectivity index (χ0v) is 22.7. The molecule has 0 aliphatic heterocycles. The van der Waals surface area contributed by atoms with E-state index in [1.54, 1.807) is 42.5 Å². The van der Waals surface area contributed by atoms with E-state index >= 15 is 0 Å². The fourth-order valence-electron chi connectivity index (χ4n) is 4.28. The Kier molecular flexibility index (Phi) is 8.27. The Balaban J connectivity index is 1.49. The maximum Gasteiger partial charge on any atom is 0.282 e. The molecule has 0 spiro atoms. The minimum Gasteiger partial charge on any atom is -0.497 e. The van der Waals surface area contributed by atoms with Gasteiger partial charge in [-0.1, -0.05) is 12.1 Å². The molecule has 13 heteroatoms. The second-order valence-electron chi connectivity index (χ2n) is 8.93. The second kappa shape index (κ2) is 12.2. The summed E-state index contributed by atoms with van der Waals surface area (Å²) in [6.45, 7) is 0.0681. The number of aromatic nitrogens is 4. The highest BCUT2D eigenvalue weighted by Crippen LogP contribution is 2.34. The highest BCUT2D eigenvalue weighted by atomic mass is 19.3. The summed E-state index contributed by atoms with van der Waals surface area (Å²) in [5.41, 5.74) is 0.617. The first-order valence-corrected chi connectivity index (χ1v) is 12.5. The van der Waals surface area contributed by atoms with Gasteiger partial charge in [-0.25, -0.2) is 27.8 Å². The normalized spacial score (nSPS) is 11.1. The van der Waals surface area contributed by atoms with Gasteiger partial charge in [-0.2, -0.15) is 9.49 Å². The number of nitrogens with zero attached hydrogens (tertiary/aromatic N) is 4. The highest BCUT2D eigenvalue weighted by molar-refractivity contribution is 5.90. The van der Waals surface area contributed by atoms with Gasteiger partial charge in [-0.05, 0) is 29.8 Å². The Morgan fingerprint density at radius 2 is 1.60 bits per heavy atom. The monoisotopic (exact) mass is 583 g/mol. The summed E-state index contributed by atoms with van der Waals surface area (Å²) in [6.07, 6.45) is -1.86. The molecule has 0 aliphatic rings. The molecular formula is C29H25F4N5O4. The molecule has 0 bridgehead atoms. The molecular weight excluding hydrogens is 558 g/mol. The van der Waals surface area contributed by atoms with Crippen molar-refractivity contribution in [2.75, 3.05) is 26.6 Å². The molecule has 0 atom stereocenters. The molecule has 9 nitrogen and oxygen atoms in total. The predicted octanol–water partition coefficient (Wildman–Crippen LogP) is 6.25. The molecule has 0 aliphatic carbocycles. The third-order valence-corrected chi connectivity index (χ3v) is 6.42. The van der Waals surface area contributed by atoms with Crippen LogP contribution in [0.3, 0.4) is 0 Å². The van der Waals surface area contributed by atoms with Crippen molar-refractivity contribution in [2.45, 2.75) is 19.6 Å². The van der Waals surface area contributed by atoms with Crippen molar-refractivity contribution in [1.82, 2.24) is 19.7 Å². The lowest BCUT2D eigenvalue weighted by Crippen LogP contribution is -2.05. The lowest BCUT2D eigenvalue weighted by atomic mass is 10.2. The van der Waals surface area contributed by atoms with E-state index in [4.69, 9.17) is 18.9 Å². The minimum atomic E-state index is -3.02. The Bertz CT molecular complexity index is 1710. The van der Waals surface area contributed by atoms with E-state index in [-0.39, 0.29) is 35.7 Å². The molecule has 2 heterocycles. The average Bonchev–Trinajstić information content (AvgIpc) is 3.41. The van der Waals surface area contributed by atoms with Crippen molar-refractivity contribution >= 4 is 16.9 Å². The number of hydrogen-bond donors (Lipinski definition) is 1. The third kappa shape index (κ3) is 5.71. The Morgan fingerprint density at radius 1 is 0.857 bits per heavy atom. The Hall–Kier alpha value is -5.07. The van der Waals surface area contributed by atoms with Gasteiger partial charge in [0.2, 0.25) is 5.82 Å². The average molecular weight is 584 g/mol. The van der Waals surface area contributed by atoms with Crippen LogP contribution in [-0.4, -0.2) is 41.1 Å². The van der Waals surface area contributed by atoms with Crippen LogP contribution in [0.2, 0.25) is 0 Å². The Morgan fingerprint density at radius 3 is 2.29 bits per heavy atom. The summed E-state index contributed by atoms with van der Waals surface area (Å²) in [7, 11) is 4.54. The fourth-order valence-corrected chi connectivity index (χ4v) is 4.28. The van der Waals surface area contributed by atoms with Gasteiger partial charge in [0, 0.05) is 30.3 Å². The lowest BCUT2D eigenvalue weighted by molar-refractivity contribution is 0.147. The van der Waals surface area contributed by atoms with Crippen LogP contribution in [0.4, 0.5) is 23.4 Å². The molecule has 5 rings (SSSR count). The van der Waals surface area contributed by atoms with E-state index in [0.717, 1.165) is 17.1 Å². The summed E-state index contributed by atoms with van der Waals surface area (Å²) >= 11 is 0. The standard InChI is InChI=1S/C29H25F4N5O4/c1-39-19-7-4-16(5-8-19)14-42-23-11-18(10-21(30)25(23)31)38-29-24(26(37-38)27(32)33)28(35-15-36-29)34-13-17-6-9-20(40-2)12-22(17)41-3/h4-12,15,27H,13-14H2,1-3H3,(H,34,35,36). The van der Waals surface area contributed by atoms with Gasteiger partial charge in [-0.15, -0.1) is 0 Å². The molecule has 0 radical (unpaired) electrons. The van der Waals surface area contributed by atoms with Crippen molar-refractivity contribution in [1.29, 1.82) is 0 Å². The molecule has 218 valence electrons. The first kappa shape index (κ1) is 28.5. The van der Waals surface area contributed by atoms with Crippen LogP contribution < -0.4 is 24.3 Å². The van der Waals surface area contributed by atoms with Crippen LogP contribution >= 0.6 is 0 Å². The lowest BCUT2D eigenvalue weighted by Gasteiger charge is -2.12. The van der Waals surface area contributed by atoms with Crippen molar-refractivity contribution < 1.29 is 36.5 Å². The quantitative estimate of drug-likeness (QED) is 0.183. The largest absolute Gasteiger partial charge is 0.497 e. The van der Waals surface area contributed by atoms with E-state index in [1.807, 2.05) is 0 Å². The van der Waals surface area contributed by atoms with Crippen LogP contribution in [0.25, 0.3) is 16.7 Å². The molecule has 0 amide bonds. The number of ether oxygens (including phenoxy) is 4. The van der Waals surface area contributed by atoms with Gasteiger partial charge in [0.15, 0.2) is 17.2 Å². The molecule has 0 fully saturated rings. The maximum absolute atomic E-state index is 14.7. The number of alkyl halides is 2. The smallest absolute Gasteiger partial charge is 0.282 e. The zero-order chi connectivity index (χ0) is 29.8. The van der Waals surface area contributed by atoms with Gasteiger partial charge in [-0.3, -0.25) is 0 Å². The van der Waals surface area contributed by atoms with E-state index in [2.05, 4.69) is 20.4 Å². The summed E-state index contributed by atoms with van der Waals surface area (Å²) in [5.74, 6) is -1.12. The molecule has 0 saturated heterocycles. The van der Waals surface area contributed by atoms with E-state index in [1.165, 1.54) is 27.4 Å². The van der Waals surface area contributed by atoms with E-state index < -0.39 is 29.5 Å². The van der Waals surface area contributed by atoms with E-state index in [9.17, 15) is 17.6 Å². The number of anilines is 1. The first-order chi connectivity index (χ1) is 20.3. The summed E-state index contributed by atoms with van der Waals surface area (Å²) in [6, 6.07) is 14.0. The number of rotatable bonds is 11. The summed E-state index contributed by atoms with van der Waals surface area (Å²) in [4.78, 5) is 8.27. The van der Waals surface area contributed by atoms with Crippen molar-refractivity contribution in [3.63, 3.8) is 0 Å². The van der Waals surface area contributed by atoms with Gasteiger partial charge in [0.25, 0.3) is 6.43 Å². The molecule has 3 aromatic carbocycles. The topological polar surface area (TPSA) is 92.6 Å². The van der Waals surface area contributed by atoms with Crippen molar-refractivity contribution in [3.8, 4) is 28.7 Å². The van der Waals surface area contributed by atoms with Crippen LogP contribution in [0.5, 0.6) is 23.0 Å². The van der Waals surface area contributed by atoms with Gasteiger partial charge >= 0.3 is 0 Å². The summed E-state index contributed by atoms with van der Waals surface area (Å²) < 4.78 is 80.0. The van der Waals surface area contributed by atoms with Crippen molar-refractivity contribution in [3.05, 3.63) is 89.4 Å². The maximum atomic E-state index is 14.7. The molecule has 5 aromatic rings. The van der Waals surface area contributed by atoms with Crippen LogP contribution in [-0.2, 0) is 13.2 Å². The first-order valence-electron chi connectivity index (χ1n) is 12.5. The number of fused-ring (bicyclic) bond motifs is 1. The molecule has 42 heavy (non-hydrogen) atoms. The molecule has 0 unspecified atom stereocenters. The molecule has 1 N–H and O–H groups in total. The van der Waals surface area contributed by atoms with Crippen LogP contribution in [0.15, 0.2) is 60.9 Å². The Labute approximate surface area is 237 Å². The van der Waals surface area contributed by atoms with Gasteiger partial charge < -0.3 is 24.3 Å². The fraction of sp³-hybridized carbons (Fsp3) is 0.207. The number of halogens is 4. The molecule has 0 saturated carbocycles. The highest BCUT2D eigenvalue weighted by Gasteiger charge is 2.25. The molecule has 2 aromatic heterocycles. The van der Waals surface area contributed by atoms with Crippen molar-refractivity contribution in [2.24, 2.45) is 0 Å². The number of methoxy groups -OCH3 is 3. The predicted molar refractivity (Wildman–Crippen MR) is 146 cm³/mol. The van der Waals surface area contributed by atoms with Gasteiger partial charge in [0.1, 0.15) is 41.7 Å². The SMILES string of the molecule is COc1ccc(COc2cc(-n3nc(C(F)F)c4c(NCc5ccc(OC)cc5OC)ncnc43)cc(F)c2F)cc1. The third-order valence-electron chi connectivity index (χ3n) is 6.42.